The molecule has 0 atom stereocenters. The molecule has 1 amide bonds. The van der Waals surface area contributed by atoms with Crippen LogP contribution < -0.4 is 5.32 Å². The van der Waals surface area contributed by atoms with Crippen LogP contribution in [0.2, 0.25) is 5.02 Å². The first-order chi connectivity index (χ1) is 11.2. The lowest BCUT2D eigenvalue weighted by Gasteiger charge is -2.03. The van der Waals surface area contributed by atoms with Gasteiger partial charge in [-0.2, -0.15) is 5.10 Å². The van der Waals surface area contributed by atoms with Crippen LogP contribution in [0.4, 0.5) is 0 Å². The monoisotopic (exact) mass is 325 g/mol. The Balaban J connectivity index is 1.60. The fourth-order valence-corrected chi connectivity index (χ4v) is 2.48. The molecule has 1 heterocycles. The molecule has 0 bridgehead atoms. The number of amides is 1. The maximum absolute atomic E-state index is 12.1. The lowest BCUT2D eigenvalue weighted by molar-refractivity contribution is 0.0949. The predicted octanol–water partition coefficient (Wildman–Crippen LogP) is 3.70. The minimum atomic E-state index is -0.165. The van der Waals surface area contributed by atoms with Crippen molar-refractivity contribution in [2.75, 3.05) is 6.54 Å². The molecule has 0 aliphatic carbocycles. The van der Waals surface area contributed by atoms with Crippen molar-refractivity contribution in [1.29, 1.82) is 0 Å². The summed E-state index contributed by atoms with van der Waals surface area (Å²) in [4.78, 5) is 12.1. The normalized spacial score (nSPS) is 10.5. The highest BCUT2D eigenvalue weighted by Crippen LogP contribution is 2.21. The second-order valence-electron chi connectivity index (χ2n) is 5.17. The number of nitrogens with zero attached hydrogens (tertiary/aromatic N) is 1. The highest BCUT2D eigenvalue weighted by atomic mass is 35.5. The van der Waals surface area contributed by atoms with Gasteiger partial charge < -0.3 is 5.32 Å². The van der Waals surface area contributed by atoms with E-state index in [1.54, 1.807) is 12.1 Å². The van der Waals surface area contributed by atoms with Gasteiger partial charge in [-0.25, -0.2) is 0 Å². The number of rotatable bonds is 5. The number of aromatic nitrogens is 2. The molecule has 116 valence electrons. The molecule has 2 N–H and O–H groups in total. The summed E-state index contributed by atoms with van der Waals surface area (Å²) in [6.45, 7) is 0.578. The van der Waals surface area contributed by atoms with Crippen molar-refractivity contribution in [1.82, 2.24) is 15.5 Å². The molecule has 1 aromatic heterocycles. The molecule has 3 rings (SSSR count). The van der Waals surface area contributed by atoms with Gasteiger partial charge in [-0.1, -0.05) is 54.1 Å². The Kier molecular flexibility index (Phi) is 4.74. The van der Waals surface area contributed by atoms with Crippen molar-refractivity contribution in [3.8, 4) is 11.3 Å². The van der Waals surface area contributed by atoms with E-state index in [-0.39, 0.29) is 5.91 Å². The van der Waals surface area contributed by atoms with Crippen LogP contribution in [0.1, 0.15) is 16.1 Å². The molecule has 5 heteroatoms. The average Bonchev–Trinajstić information content (AvgIpc) is 3.06. The summed E-state index contributed by atoms with van der Waals surface area (Å²) >= 11 is 5.97. The van der Waals surface area contributed by atoms with Crippen molar-refractivity contribution in [3.63, 3.8) is 0 Å². The molecule has 23 heavy (non-hydrogen) atoms. The summed E-state index contributed by atoms with van der Waals surface area (Å²) in [5.41, 5.74) is 3.20. The second kappa shape index (κ2) is 7.11. The Bertz CT molecular complexity index is 799. The van der Waals surface area contributed by atoms with E-state index in [0.29, 0.717) is 23.0 Å². The van der Waals surface area contributed by atoms with Gasteiger partial charge in [0.2, 0.25) is 0 Å². The van der Waals surface area contributed by atoms with Crippen LogP contribution in [0.25, 0.3) is 11.3 Å². The smallest absolute Gasteiger partial charge is 0.269 e. The van der Waals surface area contributed by atoms with Gasteiger partial charge in [0.15, 0.2) is 0 Å². The van der Waals surface area contributed by atoms with Crippen LogP contribution >= 0.6 is 11.6 Å². The molecule has 4 nitrogen and oxygen atoms in total. The zero-order valence-corrected chi connectivity index (χ0v) is 13.2. The summed E-state index contributed by atoms with van der Waals surface area (Å²) in [6, 6.07) is 19.1. The standard InChI is InChI=1S/C18H16ClN3O/c19-15-8-4-7-14(11-15)16-12-17(22-21-16)18(23)20-10-9-13-5-2-1-3-6-13/h1-8,11-12H,9-10H2,(H,20,23)(H,21,22). The molecular weight excluding hydrogens is 310 g/mol. The molecule has 0 saturated heterocycles. The van der Waals surface area contributed by atoms with Gasteiger partial charge in [0.1, 0.15) is 5.69 Å². The first-order valence-corrected chi connectivity index (χ1v) is 7.73. The van der Waals surface area contributed by atoms with Gasteiger partial charge in [-0.15, -0.1) is 0 Å². The SMILES string of the molecule is O=C(NCCc1ccccc1)c1cc(-c2cccc(Cl)c2)n[nH]1. The summed E-state index contributed by atoms with van der Waals surface area (Å²) in [5, 5.41) is 10.5. The fraction of sp³-hybridized carbons (Fsp3) is 0.111. The Morgan fingerprint density at radius 2 is 1.91 bits per heavy atom. The van der Waals surface area contributed by atoms with E-state index in [1.165, 1.54) is 5.56 Å². The van der Waals surface area contributed by atoms with Crippen molar-refractivity contribution >= 4 is 17.5 Å². The van der Waals surface area contributed by atoms with Gasteiger partial charge in [-0.3, -0.25) is 9.89 Å². The van der Waals surface area contributed by atoms with E-state index in [1.807, 2.05) is 48.5 Å². The first kappa shape index (κ1) is 15.3. The largest absolute Gasteiger partial charge is 0.350 e. The van der Waals surface area contributed by atoms with Gasteiger partial charge in [0, 0.05) is 17.1 Å². The Hall–Kier alpha value is -2.59. The number of nitrogens with one attached hydrogen (secondary N) is 2. The molecular formula is C18H16ClN3O. The summed E-state index contributed by atoms with van der Waals surface area (Å²) in [5.74, 6) is -0.165. The zero-order valence-electron chi connectivity index (χ0n) is 12.4. The quantitative estimate of drug-likeness (QED) is 0.751. The van der Waals surface area contributed by atoms with E-state index in [0.717, 1.165) is 12.0 Å². The number of aromatic amines is 1. The third-order valence-electron chi connectivity index (χ3n) is 3.48. The van der Waals surface area contributed by atoms with Crippen LogP contribution in [0, 0.1) is 0 Å². The number of halogens is 1. The molecule has 0 spiro atoms. The lowest BCUT2D eigenvalue weighted by Crippen LogP contribution is -2.25. The number of hydrogen-bond donors (Lipinski definition) is 2. The fourth-order valence-electron chi connectivity index (χ4n) is 2.29. The minimum absolute atomic E-state index is 0.165. The van der Waals surface area contributed by atoms with E-state index < -0.39 is 0 Å². The third kappa shape index (κ3) is 3.99. The maximum atomic E-state index is 12.1. The van der Waals surface area contributed by atoms with Crippen molar-refractivity contribution in [2.24, 2.45) is 0 Å². The van der Waals surface area contributed by atoms with E-state index in [2.05, 4.69) is 15.5 Å². The Morgan fingerprint density at radius 3 is 2.70 bits per heavy atom. The predicted molar refractivity (Wildman–Crippen MR) is 91.5 cm³/mol. The zero-order chi connectivity index (χ0) is 16.1. The third-order valence-corrected chi connectivity index (χ3v) is 3.72. The highest BCUT2D eigenvalue weighted by Gasteiger charge is 2.10. The number of benzene rings is 2. The van der Waals surface area contributed by atoms with E-state index in [9.17, 15) is 4.79 Å². The van der Waals surface area contributed by atoms with Crippen LogP contribution in [-0.2, 0) is 6.42 Å². The highest BCUT2D eigenvalue weighted by molar-refractivity contribution is 6.30. The van der Waals surface area contributed by atoms with Crippen molar-refractivity contribution in [2.45, 2.75) is 6.42 Å². The topological polar surface area (TPSA) is 57.8 Å². The molecule has 0 radical (unpaired) electrons. The van der Waals surface area contributed by atoms with Crippen molar-refractivity contribution in [3.05, 3.63) is 76.9 Å². The Morgan fingerprint density at radius 1 is 1.09 bits per heavy atom. The van der Waals surface area contributed by atoms with Crippen molar-refractivity contribution < 1.29 is 4.79 Å². The maximum Gasteiger partial charge on any atom is 0.269 e. The average molecular weight is 326 g/mol. The van der Waals surface area contributed by atoms with Gasteiger partial charge >= 0.3 is 0 Å². The molecule has 0 aliphatic heterocycles. The van der Waals surface area contributed by atoms with Gasteiger partial charge in [-0.05, 0) is 30.2 Å². The summed E-state index contributed by atoms with van der Waals surface area (Å²) in [7, 11) is 0. The van der Waals surface area contributed by atoms with E-state index >= 15 is 0 Å². The van der Waals surface area contributed by atoms with Crippen LogP contribution in [0.15, 0.2) is 60.7 Å². The lowest BCUT2D eigenvalue weighted by atomic mass is 10.1. The second-order valence-corrected chi connectivity index (χ2v) is 5.61. The molecule has 0 fully saturated rings. The van der Waals surface area contributed by atoms with Crippen LogP contribution in [0.5, 0.6) is 0 Å². The molecule has 0 saturated carbocycles. The minimum Gasteiger partial charge on any atom is -0.350 e. The molecule has 2 aromatic carbocycles. The van der Waals surface area contributed by atoms with E-state index in [4.69, 9.17) is 11.6 Å². The van der Waals surface area contributed by atoms with Crippen LogP contribution in [-0.4, -0.2) is 22.6 Å². The number of carbonyl (C=O) groups is 1. The first-order valence-electron chi connectivity index (χ1n) is 7.36. The van der Waals surface area contributed by atoms with Gasteiger partial charge in [0.05, 0.1) is 5.69 Å². The summed E-state index contributed by atoms with van der Waals surface area (Å²) in [6.07, 6.45) is 0.794. The molecule has 3 aromatic rings. The van der Waals surface area contributed by atoms with Gasteiger partial charge in [0.25, 0.3) is 5.91 Å². The molecule has 0 aliphatic rings. The number of carbonyl (C=O) groups excluding carboxylic acids is 1. The number of hydrogen-bond acceptors (Lipinski definition) is 2. The summed E-state index contributed by atoms with van der Waals surface area (Å²) < 4.78 is 0. The Labute approximate surface area is 139 Å². The van der Waals surface area contributed by atoms with Crippen LogP contribution in [0.3, 0.4) is 0 Å². The molecule has 0 unspecified atom stereocenters. The number of H-pyrrole nitrogens is 1.